The van der Waals surface area contributed by atoms with Crippen LogP contribution >= 0.6 is 11.8 Å². The summed E-state index contributed by atoms with van der Waals surface area (Å²) in [6, 6.07) is 11.5. The Bertz CT molecular complexity index is 967. The molecule has 158 valence electrons. The van der Waals surface area contributed by atoms with Gasteiger partial charge in [0.1, 0.15) is 18.0 Å². The summed E-state index contributed by atoms with van der Waals surface area (Å²) >= 11 is 1.14. The van der Waals surface area contributed by atoms with E-state index in [0.29, 0.717) is 12.0 Å². The summed E-state index contributed by atoms with van der Waals surface area (Å²) in [5.41, 5.74) is 4.21. The van der Waals surface area contributed by atoms with Gasteiger partial charge in [0, 0.05) is 11.1 Å². The molecule has 5 atom stereocenters. The van der Waals surface area contributed by atoms with Crippen molar-refractivity contribution >= 4 is 11.8 Å². The minimum absolute atomic E-state index is 0.220. The summed E-state index contributed by atoms with van der Waals surface area (Å²) in [6.45, 7) is -0.130. The van der Waals surface area contributed by atoms with Gasteiger partial charge in [0.05, 0.1) is 31.7 Å². The van der Waals surface area contributed by atoms with E-state index in [0.717, 1.165) is 39.8 Å². The number of aliphatic hydroxyl groups is 4. The molecule has 0 aromatic heterocycles. The van der Waals surface area contributed by atoms with Crippen molar-refractivity contribution in [2.45, 2.75) is 41.5 Å². The Labute approximate surface area is 179 Å². The minimum Gasteiger partial charge on any atom is -0.497 e. The first-order valence-corrected chi connectivity index (χ1v) is 10.5. The van der Waals surface area contributed by atoms with Crippen molar-refractivity contribution in [1.82, 2.24) is 0 Å². The molecule has 0 saturated carbocycles. The lowest BCUT2D eigenvalue weighted by molar-refractivity contribution is -0.147. The average molecular weight is 429 g/mol. The predicted octanol–water partition coefficient (Wildman–Crippen LogP) is 1.14. The van der Waals surface area contributed by atoms with Gasteiger partial charge in [-0.25, -0.2) is 0 Å². The van der Waals surface area contributed by atoms with E-state index in [9.17, 15) is 20.4 Å². The van der Waals surface area contributed by atoms with Crippen molar-refractivity contribution in [3.05, 3.63) is 64.2 Å². The molecule has 2 heterocycles. The summed E-state index contributed by atoms with van der Waals surface area (Å²) < 4.78 is 11.2. The van der Waals surface area contributed by atoms with E-state index < -0.39 is 28.5 Å². The summed E-state index contributed by atoms with van der Waals surface area (Å²) in [5, 5.41) is 40.4. The largest absolute Gasteiger partial charge is 0.497 e. The van der Waals surface area contributed by atoms with Crippen molar-refractivity contribution in [2.24, 2.45) is 0 Å². The van der Waals surface area contributed by atoms with Gasteiger partial charge in [-0.3, -0.25) is 0 Å². The highest BCUT2D eigenvalue weighted by molar-refractivity contribution is 8.00. The monoisotopic (exact) mass is 428 g/mol. The van der Waals surface area contributed by atoms with Gasteiger partial charge in [-0.2, -0.15) is 0 Å². The number of ether oxygens (including phenoxy) is 2. The third-order valence-corrected chi connectivity index (χ3v) is 7.47. The van der Waals surface area contributed by atoms with Gasteiger partial charge in [0.2, 0.25) is 0 Å². The maximum absolute atomic E-state index is 10.8. The van der Waals surface area contributed by atoms with E-state index in [-0.39, 0.29) is 13.2 Å². The van der Waals surface area contributed by atoms with Gasteiger partial charge in [0.25, 0.3) is 0 Å². The molecule has 0 unspecified atom stereocenters. The second kappa shape index (κ2) is 8.23. The fraction of sp³-hybridized carbons (Fsp3) is 0.391. The van der Waals surface area contributed by atoms with Crippen molar-refractivity contribution in [1.29, 1.82) is 0 Å². The van der Waals surface area contributed by atoms with E-state index in [1.54, 1.807) is 7.11 Å². The third kappa shape index (κ3) is 3.40. The molecule has 1 saturated heterocycles. The summed E-state index contributed by atoms with van der Waals surface area (Å²) in [4.78, 5) is -1.27. The highest BCUT2D eigenvalue weighted by atomic mass is 32.2. The van der Waals surface area contributed by atoms with E-state index >= 15 is 0 Å². The second-order valence-electron chi connectivity index (χ2n) is 7.56. The quantitative estimate of drug-likeness (QED) is 0.542. The molecule has 0 bridgehead atoms. The molecule has 0 amide bonds. The predicted molar refractivity (Wildman–Crippen MR) is 113 cm³/mol. The van der Waals surface area contributed by atoms with Crippen LogP contribution in [0.4, 0.5) is 0 Å². The van der Waals surface area contributed by atoms with Crippen molar-refractivity contribution < 1.29 is 29.9 Å². The van der Waals surface area contributed by atoms with Crippen LogP contribution in [0.25, 0.3) is 0 Å². The van der Waals surface area contributed by atoms with E-state index in [2.05, 4.69) is 5.92 Å². The smallest absolute Gasteiger partial charge is 0.168 e. The Morgan fingerprint density at radius 1 is 1.20 bits per heavy atom. The molecular formula is C23H24O6S. The number of aliphatic hydroxyl groups excluding tert-OH is 4. The van der Waals surface area contributed by atoms with Crippen molar-refractivity contribution in [2.75, 3.05) is 13.7 Å². The molecule has 2 aromatic rings. The number of fused-ring (bicyclic) bond motifs is 2. The zero-order chi connectivity index (χ0) is 21.5. The Kier molecular flexibility index (Phi) is 5.82. The number of hydrogen-bond acceptors (Lipinski definition) is 7. The molecule has 6 nitrogen and oxygen atoms in total. The lowest BCUT2D eigenvalue weighted by Crippen LogP contribution is -2.58. The maximum atomic E-state index is 10.8. The lowest BCUT2D eigenvalue weighted by atomic mass is 9.89. The molecule has 2 aliphatic rings. The molecule has 7 heteroatoms. The third-order valence-electron chi connectivity index (χ3n) is 5.81. The number of rotatable bonds is 4. The second-order valence-corrected chi connectivity index (χ2v) is 9.00. The van der Waals surface area contributed by atoms with Crippen molar-refractivity contribution in [3.8, 4) is 18.1 Å². The molecule has 2 aliphatic heterocycles. The topological polar surface area (TPSA) is 99.4 Å². The highest BCUT2D eigenvalue weighted by Gasteiger charge is 2.57. The normalized spacial score (nSPS) is 30.1. The Morgan fingerprint density at radius 3 is 2.57 bits per heavy atom. The molecule has 30 heavy (non-hydrogen) atoms. The van der Waals surface area contributed by atoms with E-state index in [4.69, 9.17) is 15.9 Å². The number of methoxy groups -OCH3 is 1. The number of hydrogen-bond donors (Lipinski definition) is 4. The number of benzene rings is 2. The minimum atomic E-state index is -1.44. The van der Waals surface area contributed by atoms with E-state index in [1.165, 1.54) is 0 Å². The molecule has 1 fully saturated rings. The van der Waals surface area contributed by atoms with Crippen LogP contribution in [-0.2, 0) is 22.7 Å². The molecule has 0 aliphatic carbocycles. The number of terminal acetylenes is 1. The van der Waals surface area contributed by atoms with Gasteiger partial charge in [-0.15, -0.1) is 18.2 Å². The first kappa shape index (κ1) is 21.2. The van der Waals surface area contributed by atoms with Crippen LogP contribution in [0, 0.1) is 12.3 Å². The van der Waals surface area contributed by atoms with Gasteiger partial charge < -0.3 is 29.9 Å². The highest BCUT2D eigenvalue weighted by Crippen LogP contribution is 2.54. The van der Waals surface area contributed by atoms with Crippen LogP contribution in [-0.4, -0.2) is 57.7 Å². The fourth-order valence-corrected chi connectivity index (χ4v) is 5.67. The molecule has 1 spiro atoms. The van der Waals surface area contributed by atoms with Crippen LogP contribution < -0.4 is 4.74 Å². The Hall–Kier alpha value is -2.05. The zero-order valence-electron chi connectivity index (χ0n) is 16.5. The van der Waals surface area contributed by atoms with Crippen molar-refractivity contribution in [3.63, 3.8) is 0 Å². The standard InChI is InChI=1S/C23H24O6S/c1-3-14-9-16-12-29-23(22(27)21(26)20(25)19(11-24)30-23)18(16)10-15(14)8-13-4-6-17(28-2)7-5-13/h1,4-7,9-10,19-22,24-27H,8,11-12H2,2H3/t19-,20-,21+,22-,23+/m1/s1. The summed E-state index contributed by atoms with van der Waals surface area (Å²) in [6.07, 6.45) is 2.28. The van der Waals surface area contributed by atoms with Crippen LogP contribution in [0.1, 0.15) is 27.8 Å². The Balaban J connectivity index is 1.75. The van der Waals surface area contributed by atoms with Gasteiger partial charge in [-0.05, 0) is 47.4 Å². The van der Waals surface area contributed by atoms with E-state index in [1.807, 2.05) is 36.4 Å². The van der Waals surface area contributed by atoms with Crippen LogP contribution in [0.5, 0.6) is 5.75 Å². The molecule has 0 radical (unpaired) electrons. The Morgan fingerprint density at radius 2 is 1.93 bits per heavy atom. The molecule has 4 N–H and O–H groups in total. The SMILES string of the molecule is C#Cc1cc2c(cc1Cc1ccc(OC)cc1)[C@]1(OC2)S[C@H](CO)[C@@H](O)[C@H](O)[C@H]1O. The molecular weight excluding hydrogens is 404 g/mol. The summed E-state index contributed by atoms with van der Waals surface area (Å²) in [5.74, 6) is 3.49. The number of thioether (sulfide) groups is 1. The lowest BCUT2D eigenvalue weighted by Gasteiger charge is -2.45. The maximum Gasteiger partial charge on any atom is 0.168 e. The van der Waals surface area contributed by atoms with Gasteiger partial charge in [-0.1, -0.05) is 18.1 Å². The molecule has 2 aromatic carbocycles. The average Bonchev–Trinajstić information content (AvgIpc) is 3.13. The van der Waals surface area contributed by atoms with Gasteiger partial charge in [0.15, 0.2) is 4.93 Å². The summed E-state index contributed by atoms with van der Waals surface area (Å²) in [7, 11) is 1.61. The van der Waals surface area contributed by atoms with Crippen LogP contribution in [0.15, 0.2) is 36.4 Å². The van der Waals surface area contributed by atoms with Crippen LogP contribution in [0.3, 0.4) is 0 Å². The first-order valence-electron chi connectivity index (χ1n) is 9.66. The first-order chi connectivity index (χ1) is 14.4. The van der Waals surface area contributed by atoms with Crippen LogP contribution in [0.2, 0.25) is 0 Å². The fourth-order valence-electron chi connectivity index (χ4n) is 4.12. The molecule has 4 rings (SSSR count). The zero-order valence-corrected chi connectivity index (χ0v) is 17.3. The van der Waals surface area contributed by atoms with Gasteiger partial charge >= 0.3 is 0 Å².